The maximum atomic E-state index is 12.3. The number of carbonyl (C=O) groups excluding carboxylic acids is 1. The number of likely N-dealkylation sites (tertiary alicyclic amines) is 1. The average Bonchev–Trinajstić information content (AvgIpc) is 3.07. The van der Waals surface area contributed by atoms with Gasteiger partial charge >= 0.3 is 0 Å². The molecule has 1 aromatic carbocycles. The van der Waals surface area contributed by atoms with Crippen LogP contribution in [0, 0.1) is 0 Å². The van der Waals surface area contributed by atoms with Gasteiger partial charge < -0.3 is 9.64 Å². The van der Waals surface area contributed by atoms with E-state index >= 15 is 0 Å². The number of piperidine rings is 1. The monoisotopic (exact) mass is 340 g/mol. The van der Waals surface area contributed by atoms with Crippen LogP contribution in [-0.4, -0.2) is 52.4 Å². The van der Waals surface area contributed by atoms with Crippen molar-refractivity contribution in [2.45, 2.75) is 25.0 Å². The van der Waals surface area contributed by atoms with Crippen molar-refractivity contribution in [2.24, 2.45) is 7.05 Å². The number of carbonyl (C=O) groups is 1. The molecule has 25 heavy (non-hydrogen) atoms. The summed E-state index contributed by atoms with van der Waals surface area (Å²) in [6, 6.07) is 10.6. The van der Waals surface area contributed by atoms with Gasteiger partial charge in [-0.2, -0.15) is 5.10 Å². The second kappa shape index (κ2) is 6.61. The van der Waals surface area contributed by atoms with Crippen molar-refractivity contribution in [3.63, 3.8) is 0 Å². The van der Waals surface area contributed by atoms with Crippen LogP contribution in [0.1, 0.15) is 18.4 Å². The fraction of sp³-hybridized carbons (Fsp3) is 0.474. The Bertz CT molecular complexity index is 735. The zero-order chi connectivity index (χ0) is 17.3. The number of aromatic nitrogens is 2. The Hall–Kier alpha value is -2.18. The second-order valence-electron chi connectivity index (χ2n) is 7.09. The minimum Gasteiger partial charge on any atom is -0.363 e. The lowest BCUT2D eigenvalue weighted by molar-refractivity contribution is -0.144. The number of anilines is 1. The van der Waals surface area contributed by atoms with Crippen LogP contribution in [0.2, 0.25) is 0 Å². The smallest absolute Gasteiger partial charge is 0.253 e. The Morgan fingerprint density at radius 1 is 1.20 bits per heavy atom. The van der Waals surface area contributed by atoms with Gasteiger partial charge in [0.2, 0.25) is 0 Å². The van der Waals surface area contributed by atoms with Crippen molar-refractivity contribution in [3.05, 3.63) is 48.3 Å². The molecule has 0 bridgehead atoms. The largest absolute Gasteiger partial charge is 0.363 e. The van der Waals surface area contributed by atoms with Crippen LogP contribution < -0.4 is 4.90 Å². The normalized spacial score (nSPS) is 21.0. The predicted octanol–water partition coefficient (Wildman–Crippen LogP) is 1.82. The number of amides is 1. The summed E-state index contributed by atoms with van der Waals surface area (Å²) < 4.78 is 7.76. The molecule has 2 aliphatic heterocycles. The number of hydrogen-bond acceptors (Lipinski definition) is 4. The minimum atomic E-state index is -0.225. The number of benzene rings is 1. The van der Waals surface area contributed by atoms with E-state index in [-0.39, 0.29) is 18.1 Å². The molecule has 6 heteroatoms. The van der Waals surface area contributed by atoms with Gasteiger partial charge in [0.1, 0.15) is 6.61 Å². The molecule has 4 rings (SSSR count). The summed E-state index contributed by atoms with van der Waals surface area (Å²) in [7, 11) is 1.87. The predicted molar refractivity (Wildman–Crippen MR) is 95.2 cm³/mol. The van der Waals surface area contributed by atoms with Gasteiger partial charge in [0, 0.05) is 32.9 Å². The highest BCUT2D eigenvalue weighted by atomic mass is 16.5. The molecule has 1 spiro atoms. The Morgan fingerprint density at radius 3 is 2.64 bits per heavy atom. The van der Waals surface area contributed by atoms with E-state index in [9.17, 15) is 4.79 Å². The third-order valence-electron chi connectivity index (χ3n) is 5.27. The van der Waals surface area contributed by atoms with Crippen LogP contribution in [0.5, 0.6) is 0 Å². The van der Waals surface area contributed by atoms with Gasteiger partial charge in [0.05, 0.1) is 24.0 Å². The Labute approximate surface area is 148 Å². The number of aryl methyl sites for hydroxylation is 1. The van der Waals surface area contributed by atoms with Crippen molar-refractivity contribution in [2.75, 3.05) is 31.1 Å². The lowest BCUT2D eigenvalue weighted by atomic mass is 9.89. The van der Waals surface area contributed by atoms with E-state index in [1.807, 2.05) is 18.1 Å². The maximum Gasteiger partial charge on any atom is 0.253 e. The van der Waals surface area contributed by atoms with Crippen LogP contribution in [-0.2, 0) is 23.1 Å². The summed E-state index contributed by atoms with van der Waals surface area (Å²) in [6.45, 7) is 3.74. The molecule has 2 fully saturated rings. The highest BCUT2D eigenvalue weighted by Gasteiger charge is 2.42. The second-order valence-corrected chi connectivity index (χ2v) is 7.09. The summed E-state index contributed by atoms with van der Waals surface area (Å²) in [5, 5.41) is 4.19. The van der Waals surface area contributed by atoms with E-state index in [2.05, 4.69) is 40.3 Å². The van der Waals surface area contributed by atoms with E-state index in [4.69, 9.17) is 4.74 Å². The first-order chi connectivity index (χ1) is 12.1. The fourth-order valence-electron chi connectivity index (χ4n) is 3.76. The minimum absolute atomic E-state index is 0.0188. The van der Waals surface area contributed by atoms with Crippen molar-refractivity contribution in [3.8, 4) is 0 Å². The van der Waals surface area contributed by atoms with Gasteiger partial charge in [-0.1, -0.05) is 30.3 Å². The SMILES string of the molecule is Cn1cc(N2CC3(CCN(Cc4ccccc4)CC3)OCC2=O)cn1. The molecule has 2 aliphatic rings. The van der Waals surface area contributed by atoms with Gasteiger partial charge in [-0.3, -0.25) is 14.4 Å². The Kier molecular flexibility index (Phi) is 4.31. The lowest BCUT2D eigenvalue weighted by Crippen LogP contribution is -2.58. The van der Waals surface area contributed by atoms with Crippen molar-refractivity contribution < 1.29 is 9.53 Å². The molecule has 2 saturated heterocycles. The Balaban J connectivity index is 1.41. The van der Waals surface area contributed by atoms with Crippen LogP contribution >= 0.6 is 0 Å². The lowest BCUT2D eigenvalue weighted by Gasteiger charge is -2.46. The highest BCUT2D eigenvalue weighted by molar-refractivity contribution is 5.94. The third-order valence-corrected chi connectivity index (χ3v) is 5.27. The van der Waals surface area contributed by atoms with Crippen molar-refractivity contribution in [1.82, 2.24) is 14.7 Å². The first-order valence-corrected chi connectivity index (χ1v) is 8.83. The average molecular weight is 340 g/mol. The summed E-state index contributed by atoms with van der Waals surface area (Å²) in [6.07, 6.45) is 5.54. The first-order valence-electron chi connectivity index (χ1n) is 8.83. The summed E-state index contributed by atoms with van der Waals surface area (Å²) in [5.41, 5.74) is 1.98. The molecular formula is C19H24N4O2. The standard InChI is InChI=1S/C19H24N4O2/c1-21-13-17(11-20-21)23-15-19(25-14-18(23)24)7-9-22(10-8-19)12-16-5-3-2-4-6-16/h2-6,11,13H,7-10,12,14-15H2,1H3. The van der Waals surface area contributed by atoms with Crippen LogP contribution in [0.3, 0.4) is 0 Å². The van der Waals surface area contributed by atoms with Crippen LogP contribution in [0.15, 0.2) is 42.7 Å². The molecular weight excluding hydrogens is 316 g/mol. The zero-order valence-electron chi connectivity index (χ0n) is 14.6. The summed E-state index contributed by atoms with van der Waals surface area (Å²) in [4.78, 5) is 16.6. The Morgan fingerprint density at radius 2 is 1.96 bits per heavy atom. The van der Waals surface area contributed by atoms with Crippen LogP contribution in [0.25, 0.3) is 0 Å². The number of rotatable bonds is 3. The van der Waals surface area contributed by atoms with Crippen molar-refractivity contribution >= 4 is 11.6 Å². The van der Waals surface area contributed by atoms with Gasteiger partial charge in [0.15, 0.2) is 0 Å². The number of ether oxygens (including phenoxy) is 1. The zero-order valence-corrected chi connectivity index (χ0v) is 14.6. The van der Waals surface area contributed by atoms with Crippen molar-refractivity contribution in [1.29, 1.82) is 0 Å². The molecule has 1 aromatic heterocycles. The van der Waals surface area contributed by atoms with Crippen LogP contribution in [0.4, 0.5) is 5.69 Å². The van der Waals surface area contributed by atoms with E-state index < -0.39 is 0 Å². The van der Waals surface area contributed by atoms with Gasteiger partial charge in [0.25, 0.3) is 5.91 Å². The maximum absolute atomic E-state index is 12.3. The van der Waals surface area contributed by atoms with E-state index in [1.54, 1.807) is 10.9 Å². The van der Waals surface area contributed by atoms with E-state index in [0.29, 0.717) is 6.54 Å². The molecule has 2 aromatic rings. The van der Waals surface area contributed by atoms with Gasteiger partial charge in [-0.05, 0) is 18.4 Å². The molecule has 0 unspecified atom stereocenters. The molecule has 6 nitrogen and oxygen atoms in total. The van der Waals surface area contributed by atoms with E-state index in [0.717, 1.165) is 38.2 Å². The molecule has 0 atom stereocenters. The molecule has 0 radical (unpaired) electrons. The van der Waals surface area contributed by atoms with Gasteiger partial charge in [-0.15, -0.1) is 0 Å². The molecule has 1 amide bonds. The molecule has 3 heterocycles. The fourth-order valence-corrected chi connectivity index (χ4v) is 3.76. The quantitative estimate of drug-likeness (QED) is 0.855. The number of morpholine rings is 1. The highest BCUT2D eigenvalue weighted by Crippen LogP contribution is 2.33. The van der Waals surface area contributed by atoms with Gasteiger partial charge in [-0.25, -0.2) is 0 Å². The molecule has 0 saturated carbocycles. The summed E-state index contributed by atoms with van der Waals surface area (Å²) in [5.74, 6) is 0.0188. The van der Waals surface area contributed by atoms with E-state index in [1.165, 1.54) is 5.56 Å². The first kappa shape index (κ1) is 16.3. The third kappa shape index (κ3) is 3.45. The molecule has 0 aliphatic carbocycles. The molecule has 132 valence electrons. The summed E-state index contributed by atoms with van der Waals surface area (Å²) >= 11 is 0. The topological polar surface area (TPSA) is 50.6 Å². The number of nitrogens with zero attached hydrogens (tertiary/aromatic N) is 4. The number of hydrogen-bond donors (Lipinski definition) is 0. The molecule has 0 N–H and O–H groups in total.